The molecule has 0 aliphatic rings. The number of carbonyl (C=O) groups is 1. The fraction of sp³-hybridized carbons (Fsp3) is 0.176. The molecule has 0 heterocycles. The molecule has 8 heteroatoms. The number of nitrogens with zero attached hydrogens (tertiary/aromatic N) is 3. The Labute approximate surface area is 149 Å². The summed E-state index contributed by atoms with van der Waals surface area (Å²) in [4.78, 5) is 24.3. The molecule has 0 saturated carbocycles. The third kappa shape index (κ3) is 4.93. The largest absolute Gasteiger partial charge is 0.477 e. The van der Waals surface area contributed by atoms with Crippen LogP contribution in [0.4, 0.5) is 11.4 Å². The highest BCUT2D eigenvalue weighted by Crippen LogP contribution is 2.30. The fourth-order valence-corrected chi connectivity index (χ4v) is 2.31. The number of nitriles is 1. The van der Waals surface area contributed by atoms with Crippen molar-refractivity contribution in [1.29, 1.82) is 5.26 Å². The van der Waals surface area contributed by atoms with Gasteiger partial charge in [-0.3, -0.25) is 14.9 Å². The lowest BCUT2D eigenvalue weighted by Gasteiger charge is -2.21. The minimum Gasteiger partial charge on any atom is -0.477 e. The molecule has 0 fully saturated rings. The molecule has 1 amide bonds. The standard InChI is InChI=1S/C17H14ClN3O4/c18-13-7-8-16(15(11-13)21(23)24)25-12-17(22)20(10-4-9-19)14-5-2-1-3-6-14/h1-3,5-8,11H,4,10,12H2. The summed E-state index contributed by atoms with van der Waals surface area (Å²) < 4.78 is 5.32. The Morgan fingerprint density at radius 2 is 2.00 bits per heavy atom. The molecule has 0 bridgehead atoms. The van der Waals surface area contributed by atoms with Crippen molar-refractivity contribution < 1.29 is 14.5 Å². The molecule has 0 radical (unpaired) electrons. The Balaban J connectivity index is 2.14. The first-order valence-corrected chi connectivity index (χ1v) is 7.70. The molecule has 2 aromatic rings. The van der Waals surface area contributed by atoms with Gasteiger partial charge < -0.3 is 9.64 Å². The second kappa shape index (κ2) is 8.66. The molecule has 2 rings (SSSR count). The van der Waals surface area contributed by atoms with E-state index in [9.17, 15) is 14.9 Å². The van der Waals surface area contributed by atoms with Gasteiger partial charge in [0.05, 0.1) is 17.4 Å². The van der Waals surface area contributed by atoms with E-state index in [1.165, 1.54) is 17.0 Å². The zero-order valence-electron chi connectivity index (χ0n) is 13.1. The van der Waals surface area contributed by atoms with Gasteiger partial charge in [-0.1, -0.05) is 29.8 Å². The number of halogens is 1. The number of ether oxygens (including phenoxy) is 1. The molecular formula is C17H14ClN3O4. The summed E-state index contributed by atoms with van der Waals surface area (Å²) in [6, 6.07) is 14.8. The number of nitro groups is 1. The van der Waals surface area contributed by atoms with Gasteiger partial charge in [0.1, 0.15) is 0 Å². The van der Waals surface area contributed by atoms with Crippen LogP contribution in [-0.4, -0.2) is 24.0 Å². The normalized spacial score (nSPS) is 9.92. The summed E-state index contributed by atoms with van der Waals surface area (Å²) in [6.07, 6.45) is 0.154. The molecule has 2 aromatic carbocycles. The smallest absolute Gasteiger partial charge is 0.312 e. The number of anilines is 1. The van der Waals surface area contributed by atoms with Crippen molar-refractivity contribution in [3.8, 4) is 11.8 Å². The van der Waals surface area contributed by atoms with Gasteiger partial charge in [0.15, 0.2) is 12.4 Å². The van der Waals surface area contributed by atoms with Gasteiger partial charge in [0, 0.05) is 23.3 Å². The van der Waals surface area contributed by atoms with Crippen LogP contribution >= 0.6 is 11.6 Å². The van der Waals surface area contributed by atoms with Crippen molar-refractivity contribution >= 4 is 28.9 Å². The molecule has 7 nitrogen and oxygen atoms in total. The first-order valence-electron chi connectivity index (χ1n) is 7.32. The predicted molar refractivity (Wildman–Crippen MR) is 92.6 cm³/mol. The Kier molecular flexibility index (Phi) is 6.32. The lowest BCUT2D eigenvalue weighted by Crippen LogP contribution is -2.35. The number of nitro benzene ring substituents is 1. The average Bonchev–Trinajstić information content (AvgIpc) is 2.61. The van der Waals surface area contributed by atoms with Crippen LogP contribution in [0.25, 0.3) is 0 Å². The lowest BCUT2D eigenvalue weighted by atomic mass is 10.2. The van der Waals surface area contributed by atoms with Crippen molar-refractivity contribution in [2.24, 2.45) is 0 Å². The van der Waals surface area contributed by atoms with Crippen LogP contribution in [0.1, 0.15) is 6.42 Å². The van der Waals surface area contributed by atoms with Crippen molar-refractivity contribution in [3.05, 3.63) is 63.7 Å². The highest BCUT2D eigenvalue weighted by molar-refractivity contribution is 6.30. The highest BCUT2D eigenvalue weighted by atomic mass is 35.5. The maximum Gasteiger partial charge on any atom is 0.312 e. The Morgan fingerprint density at radius 3 is 2.64 bits per heavy atom. The monoisotopic (exact) mass is 359 g/mol. The van der Waals surface area contributed by atoms with Gasteiger partial charge in [-0.25, -0.2) is 0 Å². The SMILES string of the molecule is N#CCCN(C(=O)COc1ccc(Cl)cc1[N+](=O)[O-])c1ccccc1. The maximum absolute atomic E-state index is 12.5. The third-order valence-corrected chi connectivity index (χ3v) is 3.52. The van der Waals surface area contributed by atoms with Crippen molar-refractivity contribution in [3.63, 3.8) is 0 Å². The molecule has 0 saturated heterocycles. The van der Waals surface area contributed by atoms with E-state index in [0.717, 1.165) is 6.07 Å². The fourth-order valence-electron chi connectivity index (χ4n) is 2.14. The second-order valence-electron chi connectivity index (χ2n) is 4.95. The van der Waals surface area contributed by atoms with Crippen molar-refractivity contribution in [2.45, 2.75) is 6.42 Å². The zero-order chi connectivity index (χ0) is 18.2. The maximum atomic E-state index is 12.5. The number of carbonyl (C=O) groups excluding carboxylic acids is 1. The Bertz CT molecular complexity index is 805. The number of amides is 1. The van der Waals surface area contributed by atoms with Crippen LogP contribution in [-0.2, 0) is 4.79 Å². The minimum absolute atomic E-state index is 0.0453. The van der Waals surface area contributed by atoms with E-state index in [-0.39, 0.29) is 29.4 Å². The van der Waals surface area contributed by atoms with Crippen LogP contribution in [0.2, 0.25) is 5.02 Å². The molecule has 0 aliphatic heterocycles. The number of hydrogen-bond acceptors (Lipinski definition) is 5. The van der Waals surface area contributed by atoms with E-state index in [4.69, 9.17) is 21.6 Å². The number of hydrogen-bond donors (Lipinski definition) is 0. The minimum atomic E-state index is -0.629. The van der Waals surface area contributed by atoms with E-state index < -0.39 is 17.4 Å². The molecule has 0 aromatic heterocycles. The van der Waals surface area contributed by atoms with E-state index in [2.05, 4.69) is 0 Å². The average molecular weight is 360 g/mol. The highest BCUT2D eigenvalue weighted by Gasteiger charge is 2.20. The lowest BCUT2D eigenvalue weighted by molar-refractivity contribution is -0.385. The van der Waals surface area contributed by atoms with Gasteiger partial charge in [-0.15, -0.1) is 0 Å². The molecule has 128 valence electrons. The summed E-state index contributed by atoms with van der Waals surface area (Å²) in [5.74, 6) is -0.457. The molecule has 0 unspecified atom stereocenters. The Hall–Kier alpha value is -3.11. The summed E-state index contributed by atoms with van der Waals surface area (Å²) in [5.41, 5.74) is 0.306. The second-order valence-corrected chi connectivity index (χ2v) is 5.38. The van der Waals surface area contributed by atoms with E-state index >= 15 is 0 Å². The quantitative estimate of drug-likeness (QED) is 0.556. The molecule has 0 aliphatic carbocycles. The summed E-state index contributed by atoms with van der Waals surface area (Å²) in [7, 11) is 0. The van der Waals surface area contributed by atoms with Crippen LogP contribution in [0, 0.1) is 21.4 Å². The van der Waals surface area contributed by atoms with Gasteiger partial charge in [0.25, 0.3) is 5.91 Å². The first-order chi connectivity index (χ1) is 12.0. The number of para-hydroxylation sites is 1. The Morgan fingerprint density at radius 1 is 1.28 bits per heavy atom. The first kappa shape index (κ1) is 18.2. The van der Waals surface area contributed by atoms with Gasteiger partial charge >= 0.3 is 5.69 Å². The molecule has 25 heavy (non-hydrogen) atoms. The summed E-state index contributed by atoms with van der Waals surface area (Å²) >= 11 is 5.75. The van der Waals surface area contributed by atoms with Crippen LogP contribution < -0.4 is 9.64 Å². The molecule has 0 spiro atoms. The third-order valence-electron chi connectivity index (χ3n) is 3.28. The number of benzene rings is 2. The van der Waals surface area contributed by atoms with Crippen molar-refractivity contribution in [1.82, 2.24) is 0 Å². The van der Waals surface area contributed by atoms with E-state index in [1.54, 1.807) is 24.3 Å². The van der Waals surface area contributed by atoms with Crippen LogP contribution in [0.15, 0.2) is 48.5 Å². The summed E-state index contributed by atoms with van der Waals surface area (Å²) in [6.45, 7) is -0.200. The molecular weight excluding hydrogens is 346 g/mol. The van der Waals surface area contributed by atoms with Gasteiger partial charge in [-0.05, 0) is 24.3 Å². The number of rotatable bonds is 7. The van der Waals surface area contributed by atoms with Crippen molar-refractivity contribution in [2.75, 3.05) is 18.1 Å². The van der Waals surface area contributed by atoms with E-state index in [0.29, 0.717) is 5.69 Å². The zero-order valence-corrected chi connectivity index (χ0v) is 13.8. The van der Waals surface area contributed by atoms with E-state index in [1.807, 2.05) is 12.1 Å². The topological polar surface area (TPSA) is 96.5 Å². The van der Waals surface area contributed by atoms with Gasteiger partial charge in [-0.2, -0.15) is 5.26 Å². The molecule has 0 atom stereocenters. The van der Waals surface area contributed by atoms with Crippen LogP contribution in [0.5, 0.6) is 5.75 Å². The van der Waals surface area contributed by atoms with Crippen LogP contribution in [0.3, 0.4) is 0 Å². The predicted octanol–water partition coefficient (Wildman–Crippen LogP) is 3.57. The van der Waals surface area contributed by atoms with Gasteiger partial charge in [0.2, 0.25) is 0 Å². The molecule has 0 N–H and O–H groups in total. The summed E-state index contributed by atoms with van der Waals surface area (Å²) in [5, 5.41) is 20.0.